The van der Waals surface area contributed by atoms with Gasteiger partial charge in [-0.1, -0.05) is 48.2 Å². The number of furan rings is 1. The molecule has 0 aliphatic carbocycles. The normalized spacial score (nSPS) is 12.2. The second-order valence-electron chi connectivity index (χ2n) is 6.71. The molecular formula is C22H22N4O2S. The lowest BCUT2D eigenvalue weighted by atomic mass is 10.0. The maximum absolute atomic E-state index is 12.5. The minimum absolute atomic E-state index is 0.0409. The number of nitrogens with one attached hydrogen (secondary N) is 1. The predicted octanol–water partition coefficient (Wildman–Crippen LogP) is 4.68. The Labute approximate surface area is 173 Å². The van der Waals surface area contributed by atoms with Gasteiger partial charge in [-0.25, -0.2) is 0 Å². The molecule has 29 heavy (non-hydrogen) atoms. The van der Waals surface area contributed by atoms with Crippen molar-refractivity contribution < 1.29 is 9.21 Å². The van der Waals surface area contributed by atoms with Gasteiger partial charge >= 0.3 is 0 Å². The summed E-state index contributed by atoms with van der Waals surface area (Å²) in [5.41, 5.74) is 1.08. The molecule has 2 aromatic heterocycles. The highest BCUT2D eigenvalue weighted by Crippen LogP contribution is 2.25. The van der Waals surface area contributed by atoms with Gasteiger partial charge in [0.25, 0.3) is 0 Å². The number of hydrogen-bond acceptors (Lipinski definition) is 5. The third kappa shape index (κ3) is 4.19. The van der Waals surface area contributed by atoms with E-state index >= 15 is 0 Å². The zero-order valence-corrected chi connectivity index (χ0v) is 17.1. The van der Waals surface area contributed by atoms with Gasteiger partial charge in [0.05, 0.1) is 18.1 Å². The van der Waals surface area contributed by atoms with Crippen molar-refractivity contribution in [1.29, 1.82) is 0 Å². The van der Waals surface area contributed by atoms with Crippen LogP contribution >= 0.6 is 11.8 Å². The van der Waals surface area contributed by atoms with E-state index in [9.17, 15) is 4.79 Å². The van der Waals surface area contributed by atoms with E-state index in [2.05, 4.69) is 45.8 Å². The Kier molecular flexibility index (Phi) is 5.67. The Morgan fingerprint density at radius 1 is 1.14 bits per heavy atom. The Morgan fingerprint density at radius 3 is 2.72 bits per heavy atom. The van der Waals surface area contributed by atoms with Gasteiger partial charge in [-0.3, -0.25) is 9.36 Å². The number of nitrogens with zero attached hydrogens (tertiary/aromatic N) is 3. The van der Waals surface area contributed by atoms with Crippen LogP contribution < -0.4 is 5.32 Å². The van der Waals surface area contributed by atoms with Crippen LogP contribution in [0, 0.1) is 0 Å². The monoisotopic (exact) mass is 406 g/mol. The number of carbonyl (C=O) groups is 1. The topological polar surface area (TPSA) is 73.0 Å². The van der Waals surface area contributed by atoms with Crippen LogP contribution in [-0.4, -0.2) is 26.4 Å². The molecule has 2 aromatic carbocycles. The van der Waals surface area contributed by atoms with E-state index in [1.165, 1.54) is 22.5 Å². The van der Waals surface area contributed by atoms with Crippen LogP contribution in [0.3, 0.4) is 0 Å². The standard InChI is InChI=1S/C22H22N4O2S/c1-3-26-21(19-9-6-12-28-19)24-25-22(26)29-14-20(27)23-15(2)17-11-10-16-7-4-5-8-18(16)13-17/h4-13,15H,3,14H2,1-2H3,(H,23,27). The van der Waals surface area contributed by atoms with Crippen LogP contribution in [-0.2, 0) is 11.3 Å². The van der Waals surface area contributed by atoms with E-state index in [0.717, 1.165) is 5.56 Å². The van der Waals surface area contributed by atoms with E-state index in [-0.39, 0.29) is 17.7 Å². The van der Waals surface area contributed by atoms with Crippen molar-refractivity contribution in [1.82, 2.24) is 20.1 Å². The molecule has 0 fully saturated rings. The summed E-state index contributed by atoms with van der Waals surface area (Å²) < 4.78 is 7.37. The van der Waals surface area contributed by atoms with Gasteiger partial charge in [-0.2, -0.15) is 0 Å². The number of rotatable bonds is 7. The van der Waals surface area contributed by atoms with Crippen molar-refractivity contribution in [2.75, 3.05) is 5.75 Å². The number of hydrogen-bond donors (Lipinski definition) is 1. The van der Waals surface area contributed by atoms with Gasteiger partial charge in [0.2, 0.25) is 5.91 Å². The number of carbonyl (C=O) groups excluding carboxylic acids is 1. The smallest absolute Gasteiger partial charge is 0.230 e. The second-order valence-corrected chi connectivity index (χ2v) is 7.65. The number of thioether (sulfide) groups is 1. The van der Waals surface area contributed by atoms with Crippen LogP contribution in [0.4, 0.5) is 0 Å². The summed E-state index contributed by atoms with van der Waals surface area (Å²) in [6.45, 7) is 4.71. The minimum atomic E-state index is -0.0737. The van der Waals surface area contributed by atoms with E-state index in [1.54, 1.807) is 6.26 Å². The average molecular weight is 407 g/mol. The van der Waals surface area contributed by atoms with Crippen molar-refractivity contribution in [3.8, 4) is 11.6 Å². The molecule has 148 valence electrons. The second kappa shape index (κ2) is 8.53. The number of amides is 1. The molecule has 1 amide bonds. The predicted molar refractivity (Wildman–Crippen MR) is 115 cm³/mol. The average Bonchev–Trinajstić information content (AvgIpc) is 3.41. The lowest BCUT2D eigenvalue weighted by Gasteiger charge is -2.15. The highest BCUT2D eigenvalue weighted by atomic mass is 32.2. The first kappa shape index (κ1) is 19.3. The Balaban J connectivity index is 1.39. The van der Waals surface area contributed by atoms with Crippen molar-refractivity contribution in [2.24, 2.45) is 0 Å². The summed E-state index contributed by atoms with van der Waals surface area (Å²) in [7, 11) is 0. The molecular weight excluding hydrogens is 384 g/mol. The van der Waals surface area contributed by atoms with Gasteiger partial charge in [0.1, 0.15) is 0 Å². The van der Waals surface area contributed by atoms with E-state index < -0.39 is 0 Å². The van der Waals surface area contributed by atoms with E-state index in [1.807, 2.05) is 42.7 Å². The molecule has 0 saturated carbocycles. The molecule has 1 atom stereocenters. The zero-order valence-electron chi connectivity index (χ0n) is 16.3. The SMILES string of the molecule is CCn1c(SCC(=O)NC(C)c2ccc3ccccc3c2)nnc1-c1ccco1. The highest BCUT2D eigenvalue weighted by molar-refractivity contribution is 7.99. The van der Waals surface area contributed by atoms with Crippen molar-refractivity contribution >= 4 is 28.4 Å². The van der Waals surface area contributed by atoms with Gasteiger partial charge in [0, 0.05) is 6.54 Å². The Morgan fingerprint density at radius 2 is 1.97 bits per heavy atom. The number of fused-ring (bicyclic) bond motifs is 1. The van der Waals surface area contributed by atoms with Crippen LogP contribution in [0.2, 0.25) is 0 Å². The fourth-order valence-electron chi connectivity index (χ4n) is 3.24. The minimum Gasteiger partial charge on any atom is -0.461 e. The summed E-state index contributed by atoms with van der Waals surface area (Å²) in [5.74, 6) is 1.57. The summed E-state index contributed by atoms with van der Waals surface area (Å²) in [6.07, 6.45) is 1.61. The molecule has 6 nitrogen and oxygen atoms in total. The first-order valence-corrected chi connectivity index (χ1v) is 10.5. The first-order valence-electron chi connectivity index (χ1n) is 9.53. The zero-order chi connectivity index (χ0) is 20.2. The molecule has 0 spiro atoms. The van der Waals surface area contributed by atoms with Crippen LogP contribution in [0.1, 0.15) is 25.5 Å². The molecule has 2 heterocycles. The van der Waals surface area contributed by atoms with Crippen LogP contribution in [0.5, 0.6) is 0 Å². The fourth-order valence-corrected chi connectivity index (χ4v) is 4.06. The molecule has 4 aromatic rings. The highest BCUT2D eigenvalue weighted by Gasteiger charge is 2.17. The van der Waals surface area contributed by atoms with Gasteiger partial charge in [-0.05, 0) is 48.4 Å². The summed E-state index contributed by atoms with van der Waals surface area (Å²) in [4.78, 5) is 12.5. The number of benzene rings is 2. The van der Waals surface area contributed by atoms with Gasteiger partial charge < -0.3 is 9.73 Å². The molecule has 7 heteroatoms. The largest absolute Gasteiger partial charge is 0.461 e. The van der Waals surface area contributed by atoms with Gasteiger partial charge in [0.15, 0.2) is 16.7 Å². The van der Waals surface area contributed by atoms with Crippen molar-refractivity contribution in [2.45, 2.75) is 31.6 Å². The van der Waals surface area contributed by atoms with Gasteiger partial charge in [-0.15, -0.1) is 10.2 Å². The molecule has 4 rings (SSSR count). The molecule has 1 unspecified atom stereocenters. The molecule has 1 N–H and O–H groups in total. The third-order valence-corrected chi connectivity index (χ3v) is 5.72. The first-order chi connectivity index (χ1) is 14.2. The molecule has 0 radical (unpaired) electrons. The molecule has 0 aliphatic heterocycles. The lowest BCUT2D eigenvalue weighted by Crippen LogP contribution is -2.28. The molecule has 0 bridgehead atoms. The third-order valence-electron chi connectivity index (χ3n) is 4.76. The maximum atomic E-state index is 12.5. The Bertz CT molecular complexity index is 1120. The maximum Gasteiger partial charge on any atom is 0.230 e. The van der Waals surface area contributed by atoms with Crippen molar-refractivity contribution in [3.63, 3.8) is 0 Å². The summed E-state index contributed by atoms with van der Waals surface area (Å²) >= 11 is 1.37. The Hall–Kier alpha value is -3.06. The van der Waals surface area contributed by atoms with Crippen LogP contribution in [0.15, 0.2) is 70.4 Å². The molecule has 0 aliphatic rings. The summed E-state index contributed by atoms with van der Waals surface area (Å²) in [5, 5.41) is 14.6. The lowest BCUT2D eigenvalue weighted by molar-refractivity contribution is -0.119. The summed E-state index contributed by atoms with van der Waals surface area (Å²) in [6, 6.07) is 18.1. The number of aromatic nitrogens is 3. The van der Waals surface area contributed by atoms with E-state index in [0.29, 0.717) is 23.3 Å². The molecule has 0 saturated heterocycles. The van der Waals surface area contributed by atoms with Crippen molar-refractivity contribution in [3.05, 3.63) is 66.4 Å². The quantitative estimate of drug-likeness (QED) is 0.451. The fraction of sp³-hybridized carbons (Fsp3) is 0.227. The van der Waals surface area contributed by atoms with Crippen LogP contribution in [0.25, 0.3) is 22.4 Å². The van der Waals surface area contributed by atoms with E-state index in [4.69, 9.17) is 4.42 Å².